The van der Waals surface area contributed by atoms with Gasteiger partial charge in [0.25, 0.3) is 0 Å². The molecular weight excluding hydrogens is 268 g/mol. The topological polar surface area (TPSA) is 109 Å². The van der Waals surface area contributed by atoms with Crippen LogP contribution in [0.4, 0.5) is 0 Å². The standard InChI is InChI=1S/C13H24O7/c1-7-13(11(17)4-10(6-15)18-7)20-12-3-8(16)2-9(5-14)19-12/h7-17H,2-6H2,1H3/t7-,8?,9+,10+,11+,12+,13-/m1/s1. The highest BCUT2D eigenvalue weighted by molar-refractivity contribution is 4.85. The molecule has 118 valence electrons. The van der Waals surface area contributed by atoms with E-state index in [0.29, 0.717) is 19.3 Å². The second-order valence-electron chi connectivity index (χ2n) is 5.54. The van der Waals surface area contributed by atoms with Gasteiger partial charge < -0.3 is 34.6 Å². The lowest BCUT2D eigenvalue weighted by molar-refractivity contribution is -0.282. The summed E-state index contributed by atoms with van der Waals surface area (Å²) in [5.41, 5.74) is 0. The number of ether oxygens (including phenoxy) is 3. The van der Waals surface area contributed by atoms with Crippen molar-refractivity contribution in [3.05, 3.63) is 0 Å². The Kier molecular flexibility index (Phi) is 5.74. The summed E-state index contributed by atoms with van der Waals surface area (Å²) < 4.78 is 16.8. The fraction of sp³-hybridized carbons (Fsp3) is 1.00. The molecule has 7 heteroatoms. The third-order valence-electron chi connectivity index (χ3n) is 3.81. The lowest BCUT2D eigenvalue weighted by atomic mass is 9.98. The Bertz CT molecular complexity index is 288. The van der Waals surface area contributed by atoms with Crippen LogP contribution >= 0.6 is 0 Å². The van der Waals surface area contributed by atoms with Gasteiger partial charge in [0.05, 0.1) is 43.7 Å². The van der Waals surface area contributed by atoms with Crippen molar-refractivity contribution in [2.45, 2.75) is 69.1 Å². The van der Waals surface area contributed by atoms with E-state index in [2.05, 4.69) is 0 Å². The molecule has 1 unspecified atom stereocenters. The lowest BCUT2D eigenvalue weighted by Gasteiger charge is -2.41. The molecule has 2 fully saturated rings. The smallest absolute Gasteiger partial charge is 0.161 e. The van der Waals surface area contributed by atoms with Crippen LogP contribution in [0.3, 0.4) is 0 Å². The van der Waals surface area contributed by atoms with Crippen LogP contribution in [0, 0.1) is 0 Å². The molecular formula is C13H24O7. The fourth-order valence-electron chi connectivity index (χ4n) is 2.80. The average Bonchev–Trinajstić information content (AvgIpc) is 2.41. The third kappa shape index (κ3) is 3.88. The first kappa shape index (κ1) is 16.1. The zero-order valence-corrected chi connectivity index (χ0v) is 11.6. The summed E-state index contributed by atoms with van der Waals surface area (Å²) in [5, 5.41) is 38.0. The molecule has 2 aliphatic rings. The highest BCUT2D eigenvalue weighted by atomic mass is 16.7. The van der Waals surface area contributed by atoms with Crippen LogP contribution in [0.1, 0.15) is 26.2 Å². The van der Waals surface area contributed by atoms with E-state index in [1.807, 2.05) is 0 Å². The van der Waals surface area contributed by atoms with E-state index >= 15 is 0 Å². The molecule has 0 aromatic rings. The Hall–Kier alpha value is -0.280. The van der Waals surface area contributed by atoms with Gasteiger partial charge in [-0.25, -0.2) is 0 Å². The van der Waals surface area contributed by atoms with Crippen LogP contribution in [-0.2, 0) is 14.2 Å². The molecule has 0 aliphatic carbocycles. The first-order valence-corrected chi connectivity index (χ1v) is 7.07. The Morgan fingerprint density at radius 1 is 1.00 bits per heavy atom. The van der Waals surface area contributed by atoms with Crippen molar-refractivity contribution >= 4 is 0 Å². The number of aliphatic hydroxyl groups excluding tert-OH is 4. The summed E-state index contributed by atoms with van der Waals surface area (Å²) in [4.78, 5) is 0. The van der Waals surface area contributed by atoms with Crippen LogP contribution in [0.2, 0.25) is 0 Å². The van der Waals surface area contributed by atoms with Crippen LogP contribution in [0.15, 0.2) is 0 Å². The molecule has 2 saturated heterocycles. The highest BCUT2D eigenvalue weighted by Gasteiger charge is 2.39. The van der Waals surface area contributed by atoms with Gasteiger partial charge in [0.2, 0.25) is 0 Å². The van der Waals surface area contributed by atoms with Crippen molar-refractivity contribution in [3.8, 4) is 0 Å². The van der Waals surface area contributed by atoms with E-state index in [4.69, 9.17) is 24.4 Å². The van der Waals surface area contributed by atoms with Gasteiger partial charge >= 0.3 is 0 Å². The first-order valence-electron chi connectivity index (χ1n) is 7.07. The molecule has 0 spiro atoms. The van der Waals surface area contributed by atoms with Gasteiger partial charge in [-0.05, 0) is 6.92 Å². The SMILES string of the molecule is C[C@H]1O[C@H](CO)C[C@H](O)[C@@H]1O[C@H]1CC(O)C[C@@H](CO)O1. The molecule has 2 rings (SSSR count). The van der Waals surface area contributed by atoms with Gasteiger partial charge in [-0.15, -0.1) is 0 Å². The number of rotatable bonds is 4. The van der Waals surface area contributed by atoms with E-state index in [0.717, 1.165) is 0 Å². The zero-order chi connectivity index (χ0) is 14.7. The summed E-state index contributed by atoms with van der Waals surface area (Å²) in [6, 6.07) is 0. The van der Waals surface area contributed by atoms with E-state index < -0.39 is 30.7 Å². The number of hydrogen-bond donors (Lipinski definition) is 4. The van der Waals surface area contributed by atoms with Crippen molar-refractivity contribution in [1.29, 1.82) is 0 Å². The number of aliphatic hydroxyl groups is 4. The Morgan fingerprint density at radius 3 is 2.25 bits per heavy atom. The van der Waals surface area contributed by atoms with Crippen LogP contribution in [-0.4, -0.2) is 76.6 Å². The monoisotopic (exact) mass is 292 g/mol. The summed E-state index contributed by atoms with van der Waals surface area (Å²) in [7, 11) is 0. The molecule has 2 aliphatic heterocycles. The predicted octanol–water partition coefficient (Wildman–Crippen LogP) is -1.24. The molecule has 4 N–H and O–H groups in total. The minimum atomic E-state index is -0.758. The van der Waals surface area contributed by atoms with Crippen LogP contribution < -0.4 is 0 Å². The maximum Gasteiger partial charge on any atom is 0.161 e. The van der Waals surface area contributed by atoms with Gasteiger partial charge in [-0.1, -0.05) is 0 Å². The largest absolute Gasteiger partial charge is 0.394 e. The molecule has 0 bridgehead atoms. The summed E-state index contributed by atoms with van der Waals surface area (Å²) in [6.45, 7) is 1.45. The van der Waals surface area contributed by atoms with Crippen molar-refractivity contribution in [3.63, 3.8) is 0 Å². The van der Waals surface area contributed by atoms with Crippen molar-refractivity contribution in [2.24, 2.45) is 0 Å². The van der Waals surface area contributed by atoms with E-state index in [1.165, 1.54) is 0 Å². The van der Waals surface area contributed by atoms with Crippen LogP contribution in [0.25, 0.3) is 0 Å². The second kappa shape index (κ2) is 7.13. The average molecular weight is 292 g/mol. The molecule has 2 heterocycles. The van der Waals surface area contributed by atoms with E-state index in [-0.39, 0.29) is 25.4 Å². The van der Waals surface area contributed by atoms with Gasteiger partial charge in [0.15, 0.2) is 6.29 Å². The second-order valence-corrected chi connectivity index (χ2v) is 5.54. The summed E-state index contributed by atoms with van der Waals surface area (Å²) >= 11 is 0. The minimum Gasteiger partial charge on any atom is -0.394 e. The molecule has 0 saturated carbocycles. The van der Waals surface area contributed by atoms with E-state index in [1.54, 1.807) is 6.92 Å². The maximum absolute atomic E-state index is 10.1. The predicted molar refractivity (Wildman–Crippen MR) is 67.9 cm³/mol. The van der Waals surface area contributed by atoms with E-state index in [9.17, 15) is 10.2 Å². The maximum atomic E-state index is 10.1. The van der Waals surface area contributed by atoms with Crippen LogP contribution in [0.5, 0.6) is 0 Å². The quantitative estimate of drug-likeness (QED) is 0.513. The Balaban J connectivity index is 1.91. The summed E-state index contributed by atoms with van der Waals surface area (Å²) in [5.74, 6) is 0. The van der Waals surface area contributed by atoms with Gasteiger partial charge in [-0.3, -0.25) is 0 Å². The molecule has 0 amide bonds. The molecule has 20 heavy (non-hydrogen) atoms. The number of hydrogen-bond acceptors (Lipinski definition) is 7. The third-order valence-corrected chi connectivity index (χ3v) is 3.81. The molecule has 0 aromatic heterocycles. The molecule has 0 radical (unpaired) electrons. The van der Waals surface area contributed by atoms with Crippen molar-refractivity contribution < 1.29 is 34.6 Å². The normalized spacial score (nSPS) is 46.4. The zero-order valence-electron chi connectivity index (χ0n) is 11.6. The minimum absolute atomic E-state index is 0.140. The highest BCUT2D eigenvalue weighted by Crippen LogP contribution is 2.27. The van der Waals surface area contributed by atoms with Gasteiger partial charge in [0.1, 0.15) is 6.10 Å². The van der Waals surface area contributed by atoms with Crippen molar-refractivity contribution in [2.75, 3.05) is 13.2 Å². The molecule has 7 atom stereocenters. The molecule has 0 aromatic carbocycles. The molecule has 7 nitrogen and oxygen atoms in total. The first-order chi connectivity index (χ1) is 9.53. The van der Waals surface area contributed by atoms with Gasteiger partial charge in [0, 0.05) is 19.3 Å². The Labute approximate surface area is 118 Å². The lowest BCUT2D eigenvalue weighted by Crippen LogP contribution is -2.52. The summed E-state index contributed by atoms with van der Waals surface area (Å²) in [6.07, 6.45) is -2.85. The van der Waals surface area contributed by atoms with Gasteiger partial charge in [-0.2, -0.15) is 0 Å². The fourth-order valence-corrected chi connectivity index (χ4v) is 2.80. The Morgan fingerprint density at radius 2 is 1.65 bits per heavy atom. The van der Waals surface area contributed by atoms with Crippen molar-refractivity contribution in [1.82, 2.24) is 0 Å².